The van der Waals surface area contributed by atoms with Gasteiger partial charge in [0.2, 0.25) is 26.6 Å². The van der Waals surface area contributed by atoms with Crippen molar-refractivity contribution in [2.75, 3.05) is 26.1 Å². The number of ether oxygens (including phenoxy) is 2. The van der Waals surface area contributed by atoms with Crippen molar-refractivity contribution in [2.45, 2.75) is 23.3 Å². The molecule has 0 atom stereocenters. The smallest absolute Gasteiger partial charge is 0.240 e. The maximum absolute atomic E-state index is 13.3. The van der Waals surface area contributed by atoms with Crippen molar-refractivity contribution in [3.63, 3.8) is 0 Å². The zero-order valence-corrected chi connectivity index (χ0v) is 20.1. The summed E-state index contributed by atoms with van der Waals surface area (Å²) in [6.07, 6.45) is 0.611. The van der Waals surface area contributed by atoms with Gasteiger partial charge in [0.25, 0.3) is 0 Å². The number of hydrogen-bond acceptors (Lipinski definition) is 8. The number of methoxy groups -OCH3 is 2. The van der Waals surface area contributed by atoms with Gasteiger partial charge in [0.05, 0.1) is 24.0 Å². The van der Waals surface area contributed by atoms with E-state index in [9.17, 15) is 8.42 Å². The molecular formula is C24H24N2O5S2. The normalized spacial score (nSPS) is 11.4. The summed E-state index contributed by atoms with van der Waals surface area (Å²) >= 11 is 1.43. The summed E-state index contributed by atoms with van der Waals surface area (Å²) in [5.74, 6) is 1.68. The number of aromatic nitrogens is 1. The number of aryl methyl sites for hydroxylation is 1. The second kappa shape index (κ2) is 9.68. The SMILES string of the molecule is COc1ccc(CCNc2oc(-c3cccs3)nc2S(=O)(=O)c2ccc(C)cc2)cc1OC. The van der Waals surface area contributed by atoms with Crippen molar-refractivity contribution in [3.05, 3.63) is 71.1 Å². The number of benzene rings is 2. The van der Waals surface area contributed by atoms with Crippen molar-refractivity contribution in [3.8, 4) is 22.3 Å². The molecule has 4 rings (SSSR count). The first kappa shape index (κ1) is 22.9. The van der Waals surface area contributed by atoms with Gasteiger partial charge in [0.1, 0.15) is 0 Å². The van der Waals surface area contributed by atoms with E-state index in [1.54, 1.807) is 38.5 Å². The molecule has 0 saturated heterocycles. The van der Waals surface area contributed by atoms with Crippen LogP contribution in [0.25, 0.3) is 10.8 Å². The summed E-state index contributed by atoms with van der Waals surface area (Å²) in [6, 6.07) is 16.1. The van der Waals surface area contributed by atoms with E-state index in [2.05, 4.69) is 10.3 Å². The van der Waals surface area contributed by atoms with Gasteiger partial charge in [0, 0.05) is 6.54 Å². The molecule has 9 heteroatoms. The molecule has 0 aliphatic carbocycles. The summed E-state index contributed by atoms with van der Waals surface area (Å²) < 4.78 is 43.2. The van der Waals surface area contributed by atoms with E-state index in [1.807, 2.05) is 42.6 Å². The highest BCUT2D eigenvalue weighted by Gasteiger charge is 2.28. The van der Waals surface area contributed by atoms with Crippen LogP contribution in [0.15, 0.2) is 74.3 Å². The van der Waals surface area contributed by atoms with E-state index >= 15 is 0 Å². The van der Waals surface area contributed by atoms with Crippen LogP contribution in [0.5, 0.6) is 11.5 Å². The van der Waals surface area contributed by atoms with Gasteiger partial charge in [-0.3, -0.25) is 0 Å². The Kier molecular flexibility index (Phi) is 6.71. The predicted octanol–water partition coefficient (Wildman–Crippen LogP) is 5.22. The molecule has 33 heavy (non-hydrogen) atoms. The number of thiophene rings is 1. The van der Waals surface area contributed by atoms with Gasteiger partial charge >= 0.3 is 0 Å². The summed E-state index contributed by atoms with van der Waals surface area (Å²) in [7, 11) is -0.697. The third kappa shape index (κ3) is 4.89. The molecule has 0 fully saturated rings. The second-order valence-electron chi connectivity index (χ2n) is 7.31. The van der Waals surface area contributed by atoms with E-state index in [4.69, 9.17) is 13.9 Å². The van der Waals surface area contributed by atoms with Crippen LogP contribution in [0.3, 0.4) is 0 Å². The number of oxazole rings is 1. The second-order valence-corrected chi connectivity index (χ2v) is 10.1. The standard InChI is InChI=1S/C24H24N2O5S2/c1-16-6-9-18(10-7-16)33(27,28)24-23(31-22(26-24)21-5-4-14-32-21)25-13-12-17-8-11-19(29-2)20(15-17)30-3/h4-11,14-15,25H,12-13H2,1-3H3. The van der Waals surface area contributed by atoms with Crippen LogP contribution >= 0.6 is 11.3 Å². The summed E-state index contributed by atoms with van der Waals surface area (Å²) in [4.78, 5) is 5.28. The Hall–Kier alpha value is -3.30. The summed E-state index contributed by atoms with van der Waals surface area (Å²) in [6.45, 7) is 2.34. The zero-order chi connectivity index (χ0) is 23.4. The minimum atomic E-state index is -3.87. The molecule has 0 amide bonds. The minimum absolute atomic E-state index is 0.123. The molecule has 0 saturated carbocycles. The number of rotatable bonds is 9. The van der Waals surface area contributed by atoms with E-state index in [-0.39, 0.29) is 21.7 Å². The topological polar surface area (TPSA) is 90.7 Å². The van der Waals surface area contributed by atoms with Gasteiger partial charge < -0.3 is 19.2 Å². The highest BCUT2D eigenvalue weighted by molar-refractivity contribution is 7.91. The Morgan fingerprint density at radius 3 is 2.45 bits per heavy atom. The zero-order valence-electron chi connectivity index (χ0n) is 18.5. The molecule has 0 aliphatic heterocycles. The first-order valence-corrected chi connectivity index (χ1v) is 12.6. The van der Waals surface area contributed by atoms with Gasteiger partial charge in [-0.1, -0.05) is 29.8 Å². The summed E-state index contributed by atoms with van der Waals surface area (Å²) in [5, 5.41) is 4.89. The van der Waals surface area contributed by atoms with Crippen LogP contribution in [0, 0.1) is 6.92 Å². The van der Waals surface area contributed by atoms with E-state index in [0.29, 0.717) is 24.5 Å². The number of nitrogens with one attached hydrogen (secondary N) is 1. The maximum Gasteiger partial charge on any atom is 0.240 e. The summed E-state index contributed by atoms with van der Waals surface area (Å²) in [5.41, 5.74) is 1.97. The fourth-order valence-electron chi connectivity index (χ4n) is 3.29. The largest absolute Gasteiger partial charge is 0.493 e. The molecule has 172 valence electrons. The highest BCUT2D eigenvalue weighted by atomic mass is 32.2. The van der Waals surface area contributed by atoms with Crippen molar-refractivity contribution >= 4 is 27.1 Å². The van der Waals surface area contributed by atoms with Crippen LogP contribution in [-0.2, 0) is 16.3 Å². The maximum atomic E-state index is 13.3. The number of nitrogens with zero attached hydrogens (tertiary/aromatic N) is 1. The average molecular weight is 485 g/mol. The number of hydrogen-bond donors (Lipinski definition) is 1. The van der Waals surface area contributed by atoms with Crippen LogP contribution in [0.1, 0.15) is 11.1 Å². The van der Waals surface area contributed by atoms with Gasteiger partial charge in [-0.05, 0) is 54.6 Å². The fraction of sp³-hybridized carbons (Fsp3) is 0.208. The van der Waals surface area contributed by atoms with Crippen LogP contribution in [0.4, 0.5) is 5.88 Å². The molecule has 7 nitrogen and oxygen atoms in total. The van der Waals surface area contributed by atoms with E-state index in [1.165, 1.54) is 11.3 Å². The Morgan fingerprint density at radius 2 is 1.79 bits per heavy atom. The van der Waals surface area contributed by atoms with Crippen LogP contribution in [-0.4, -0.2) is 34.2 Å². The van der Waals surface area contributed by atoms with Crippen LogP contribution in [0.2, 0.25) is 0 Å². The van der Waals surface area contributed by atoms with Gasteiger partial charge in [0.15, 0.2) is 11.5 Å². The lowest BCUT2D eigenvalue weighted by atomic mass is 10.1. The molecule has 0 bridgehead atoms. The lowest BCUT2D eigenvalue weighted by Gasteiger charge is -2.10. The van der Waals surface area contributed by atoms with Crippen molar-refractivity contribution in [1.29, 1.82) is 0 Å². The quantitative estimate of drug-likeness (QED) is 0.348. The Bertz CT molecular complexity index is 1330. The van der Waals surface area contributed by atoms with Crippen molar-refractivity contribution < 1.29 is 22.3 Å². The van der Waals surface area contributed by atoms with Gasteiger partial charge in [-0.2, -0.15) is 4.98 Å². The lowest BCUT2D eigenvalue weighted by Crippen LogP contribution is -2.10. The van der Waals surface area contributed by atoms with Crippen LogP contribution < -0.4 is 14.8 Å². The third-order valence-corrected chi connectivity index (χ3v) is 7.60. The predicted molar refractivity (Wildman–Crippen MR) is 128 cm³/mol. The third-order valence-electron chi connectivity index (χ3n) is 5.06. The molecule has 1 N–H and O–H groups in total. The highest BCUT2D eigenvalue weighted by Crippen LogP contribution is 2.34. The first-order valence-electron chi connectivity index (χ1n) is 10.2. The Morgan fingerprint density at radius 1 is 1.03 bits per heavy atom. The van der Waals surface area contributed by atoms with Crippen molar-refractivity contribution in [1.82, 2.24) is 4.98 Å². The molecule has 4 aromatic rings. The molecule has 2 aromatic heterocycles. The number of sulfone groups is 1. The molecule has 0 unspecified atom stereocenters. The Labute approximate surface area is 196 Å². The average Bonchev–Trinajstić information content (AvgIpc) is 3.50. The lowest BCUT2D eigenvalue weighted by molar-refractivity contribution is 0.354. The van der Waals surface area contributed by atoms with Gasteiger partial charge in [-0.15, -0.1) is 11.3 Å². The van der Waals surface area contributed by atoms with Gasteiger partial charge in [-0.25, -0.2) is 8.42 Å². The molecule has 2 aromatic carbocycles. The molecule has 2 heterocycles. The van der Waals surface area contributed by atoms with Crippen molar-refractivity contribution in [2.24, 2.45) is 0 Å². The number of anilines is 1. The van der Waals surface area contributed by atoms with E-state index < -0.39 is 9.84 Å². The Balaban J connectivity index is 1.61. The first-order chi connectivity index (χ1) is 15.9. The monoisotopic (exact) mass is 484 g/mol. The molecular weight excluding hydrogens is 460 g/mol. The molecule has 0 aliphatic rings. The van der Waals surface area contributed by atoms with E-state index in [0.717, 1.165) is 16.0 Å². The molecule has 0 radical (unpaired) electrons. The molecule has 0 spiro atoms. The fourth-order valence-corrected chi connectivity index (χ4v) is 5.22. The minimum Gasteiger partial charge on any atom is -0.493 e.